The normalized spacial score (nSPS) is 11.2. The van der Waals surface area contributed by atoms with E-state index in [0.29, 0.717) is 5.56 Å². The monoisotopic (exact) mass is 349 g/mol. The van der Waals surface area contributed by atoms with Gasteiger partial charge in [0.15, 0.2) is 6.61 Å². The van der Waals surface area contributed by atoms with Gasteiger partial charge in [-0.2, -0.15) is 0 Å². The van der Waals surface area contributed by atoms with Crippen molar-refractivity contribution in [3.05, 3.63) is 35.4 Å². The van der Waals surface area contributed by atoms with Crippen molar-refractivity contribution in [3.8, 4) is 0 Å². The summed E-state index contributed by atoms with van der Waals surface area (Å²) in [4.78, 5) is 48.1. The summed E-state index contributed by atoms with van der Waals surface area (Å²) < 4.78 is 4.83. The van der Waals surface area contributed by atoms with Gasteiger partial charge in [-0.3, -0.25) is 14.4 Å². The third-order valence-corrected chi connectivity index (χ3v) is 3.26. The lowest BCUT2D eigenvalue weighted by atomic mass is 10.1. The molecule has 0 bridgehead atoms. The molecular weight excluding hydrogens is 326 g/mol. The zero-order valence-corrected chi connectivity index (χ0v) is 14.8. The molecule has 1 atom stereocenters. The zero-order chi connectivity index (χ0) is 19.0. The van der Waals surface area contributed by atoms with Crippen LogP contribution in [0.2, 0.25) is 0 Å². The Balaban J connectivity index is 2.40. The fraction of sp³-hybridized carbons (Fsp3) is 0.412. The van der Waals surface area contributed by atoms with E-state index in [4.69, 9.17) is 4.74 Å². The predicted octanol–water partition coefficient (Wildman–Crippen LogP) is -0.139. The minimum absolute atomic E-state index is 0.178. The van der Waals surface area contributed by atoms with Gasteiger partial charge in [0.05, 0.1) is 6.54 Å². The van der Waals surface area contributed by atoms with Crippen molar-refractivity contribution < 1.29 is 23.9 Å². The molecule has 8 heteroatoms. The molecule has 2 N–H and O–H groups in total. The minimum atomic E-state index is -0.913. The summed E-state index contributed by atoms with van der Waals surface area (Å²) in [7, 11) is 3.13. The van der Waals surface area contributed by atoms with Crippen LogP contribution in [0.25, 0.3) is 0 Å². The highest BCUT2D eigenvalue weighted by atomic mass is 16.5. The van der Waals surface area contributed by atoms with E-state index in [1.165, 1.54) is 11.8 Å². The molecule has 0 aromatic heterocycles. The number of hydrogen-bond acceptors (Lipinski definition) is 5. The minimum Gasteiger partial charge on any atom is -0.454 e. The van der Waals surface area contributed by atoms with E-state index in [-0.39, 0.29) is 12.5 Å². The highest BCUT2D eigenvalue weighted by Gasteiger charge is 2.19. The number of ether oxygens (including phenoxy) is 1. The maximum atomic E-state index is 12.1. The van der Waals surface area contributed by atoms with E-state index in [1.807, 2.05) is 13.0 Å². The molecule has 1 rings (SSSR count). The van der Waals surface area contributed by atoms with Crippen LogP contribution in [0.1, 0.15) is 22.8 Å². The molecule has 0 saturated carbocycles. The van der Waals surface area contributed by atoms with Gasteiger partial charge in [-0.1, -0.05) is 17.7 Å². The number of benzene rings is 1. The highest BCUT2D eigenvalue weighted by molar-refractivity contribution is 5.97. The second-order valence-corrected chi connectivity index (χ2v) is 5.74. The number of carbonyl (C=O) groups is 4. The van der Waals surface area contributed by atoms with Crippen LogP contribution in [-0.2, 0) is 19.1 Å². The average molecular weight is 349 g/mol. The van der Waals surface area contributed by atoms with Crippen LogP contribution in [0.15, 0.2) is 24.3 Å². The molecule has 0 radical (unpaired) electrons. The van der Waals surface area contributed by atoms with E-state index < -0.39 is 30.4 Å². The largest absolute Gasteiger partial charge is 0.454 e. The Kier molecular flexibility index (Phi) is 7.58. The van der Waals surface area contributed by atoms with Crippen molar-refractivity contribution in [2.45, 2.75) is 19.9 Å². The van der Waals surface area contributed by atoms with Gasteiger partial charge in [0.1, 0.15) is 6.04 Å². The molecule has 0 aliphatic heterocycles. The van der Waals surface area contributed by atoms with Crippen molar-refractivity contribution in [2.75, 3.05) is 27.2 Å². The number of nitrogens with zero attached hydrogens (tertiary/aromatic N) is 1. The number of amides is 3. The Morgan fingerprint density at radius 3 is 2.48 bits per heavy atom. The van der Waals surface area contributed by atoms with Crippen LogP contribution >= 0.6 is 0 Å². The first-order chi connectivity index (χ1) is 11.7. The van der Waals surface area contributed by atoms with E-state index in [1.54, 1.807) is 32.3 Å². The van der Waals surface area contributed by atoms with Gasteiger partial charge in [0.25, 0.3) is 11.8 Å². The van der Waals surface area contributed by atoms with Gasteiger partial charge in [0, 0.05) is 19.7 Å². The Labute approximate surface area is 146 Å². The summed E-state index contributed by atoms with van der Waals surface area (Å²) in [6, 6.07) is 6.02. The SMILES string of the molecule is Cc1cccc(C(=O)N[C@@H](C)C(=O)OCC(=O)NCC(=O)N(C)C)c1. The van der Waals surface area contributed by atoms with Crippen molar-refractivity contribution in [3.63, 3.8) is 0 Å². The van der Waals surface area contributed by atoms with E-state index >= 15 is 0 Å². The van der Waals surface area contributed by atoms with E-state index in [2.05, 4.69) is 10.6 Å². The Hall–Kier alpha value is -2.90. The number of aryl methyl sites for hydroxylation is 1. The number of esters is 1. The molecule has 3 amide bonds. The predicted molar refractivity (Wildman–Crippen MR) is 90.8 cm³/mol. The topological polar surface area (TPSA) is 105 Å². The van der Waals surface area contributed by atoms with Crippen LogP contribution in [0.3, 0.4) is 0 Å². The molecule has 1 aromatic rings. The summed E-state index contributed by atoms with van der Waals surface area (Å²) >= 11 is 0. The summed E-state index contributed by atoms with van der Waals surface area (Å²) in [5.41, 5.74) is 1.35. The molecule has 0 saturated heterocycles. The molecular formula is C17H23N3O5. The van der Waals surface area contributed by atoms with Crippen molar-refractivity contribution in [1.82, 2.24) is 15.5 Å². The smallest absolute Gasteiger partial charge is 0.328 e. The molecule has 0 spiro atoms. The molecule has 0 fully saturated rings. The Bertz CT molecular complexity index is 657. The van der Waals surface area contributed by atoms with Gasteiger partial charge >= 0.3 is 5.97 Å². The molecule has 0 aliphatic rings. The first-order valence-electron chi connectivity index (χ1n) is 7.71. The molecule has 8 nitrogen and oxygen atoms in total. The van der Waals surface area contributed by atoms with Crippen LogP contribution in [0.5, 0.6) is 0 Å². The van der Waals surface area contributed by atoms with E-state index in [9.17, 15) is 19.2 Å². The maximum Gasteiger partial charge on any atom is 0.328 e. The lowest BCUT2D eigenvalue weighted by Crippen LogP contribution is -2.42. The first-order valence-corrected chi connectivity index (χ1v) is 7.71. The maximum absolute atomic E-state index is 12.1. The standard InChI is InChI=1S/C17H23N3O5/c1-11-6-5-7-13(8-11)16(23)19-12(2)17(24)25-10-14(21)18-9-15(22)20(3)4/h5-8,12H,9-10H2,1-4H3,(H,18,21)(H,19,23)/t12-/m0/s1. The second kappa shape index (κ2) is 9.41. The van der Waals surface area contributed by atoms with Crippen LogP contribution < -0.4 is 10.6 Å². The zero-order valence-electron chi connectivity index (χ0n) is 14.8. The lowest BCUT2D eigenvalue weighted by Gasteiger charge is -2.14. The third kappa shape index (κ3) is 7.03. The summed E-state index contributed by atoms with van der Waals surface area (Å²) in [6.07, 6.45) is 0. The fourth-order valence-electron chi connectivity index (χ4n) is 1.77. The fourth-order valence-corrected chi connectivity index (χ4v) is 1.77. The van der Waals surface area contributed by atoms with Crippen LogP contribution in [0.4, 0.5) is 0 Å². The van der Waals surface area contributed by atoms with Gasteiger partial charge in [-0.05, 0) is 26.0 Å². The summed E-state index contributed by atoms with van der Waals surface area (Å²) in [6.45, 7) is 2.62. The first kappa shape index (κ1) is 20.1. The number of rotatable bonds is 7. The molecule has 25 heavy (non-hydrogen) atoms. The van der Waals surface area contributed by atoms with Gasteiger partial charge in [0.2, 0.25) is 5.91 Å². The van der Waals surface area contributed by atoms with Crippen molar-refractivity contribution in [2.24, 2.45) is 0 Å². The Morgan fingerprint density at radius 2 is 1.88 bits per heavy atom. The third-order valence-electron chi connectivity index (χ3n) is 3.26. The highest BCUT2D eigenvalue weighted by Crippen LogP contribution is 2.04. The van der Waals surface area contributed by atoms with Gasteiger partial charge in [-0.15, -0.1) is 0 Å². The average Bonchev–Trinajstić information content (AvgIpc) is 2.57. The molecule has 0 heterocycles. The van der Waals surface area contributed by atoms with Crippen LogP contribution in [-0.4, -0.2) is 61.9 Å². The van der Waals surface area contributed by atoms with Crippen molar-refractivity contribution in [1.29, 1.82) is 0 Å². The molecule has 136 valence electrons. The lowest BCUT2D eigenvalue weighted by molar-refractivity contribution is -0.150. The van der Waals surface area contributed by atoms with Crippen molar-refractivity contribution >= 4 is 23.7 Å². The Morgan fingerprint density at radius 1 is 1.20 bits per heavy atom. The number of carbonyl (C=O) groups excluding carboxylic acids is 4. The molecule has 0 unspecified atom stereocenters. The number of likely N-dealkylation sites (N-methyl/N-ethyl adjacent to an activating group) is 1. The van der Waals surface area contributed by atoms with Gasteiger partial charge < -0.3 is 20.3 Å². The van der Waals surface area contributed by atoms with Crippen LogP contribution in [0, 0.1) is 6.92 Å². The molecule has 0 aliphatic carbocycles. The number of hydrogen-bond donors (Lipinski definition) is 2. The van der Waals surface area contributed by atoms with Gasteiger partial charge in [-0.25, -0.2) is 4.79 Å². The summed E-state index contributed by atoms with van der Waals surface area (Å²) in [5.74, 6) is -2.02. The van der Waals surface area contributed by atoms with E-state index in [0.717, 1.165) is 5.56 Å². The molecule has 1 aromatic carbocycles. The number of nitrogens with one attached hydrogen (secondary N) is 2. The second-order valence-electron chi connectivity index (χ2n) is 5.74. The quantitative estimate of drug-likeness (QED) is 0.667. The summed E-state index contributed by atoms with van der Waals surface area (Å²) in [5, 5.41) is 4.84.